The molecule has 4 rings (SSSR count). The van der Waals surface area contributed by atoms with Crippen molar-refractivity contribution in [3.63, 3.8) is 0 Å². The van der Waals surface area contributed by atoms with E-state index in [-0.39, 0.29) is 29.0 Å². The van der Waals surface area contributed by atoms with Gasteiger partial charge in [-0.3, -0.25) is 14.5 Å². The molecule has 174 valence electrons. The number of aryl methyl sites for hydroxylation is 1. The van der Waals surface area contributed by atoms with Crippen LogP contribution < -0.4 is 21.7 Å². The highest BCUT2D eigenvalue weighted by molar-refractivity contribution is 6.20. The third-order valence-corrected chi connectivity index (χ3v) is 5.49. The SMILES string of the molecule is Cc1cc(C(F)(F)F)nc(/C(C(N)=O)=C2/Nc3ccc(NC(=O)[C@H]4CCCN4C)cc3N2)n1. The molecule has 0 bridgehead atoms. The van der Waals surface area contributed by atoms with Gasteiger partial charge < -0.3 is 21.7 Å². The number of nitrogens with one attached hydrogen (secondary N) is 3. The second kappa shape index (κ2) is 8.35. The highest BCUT2D eigenvalue weighted by Crippen LogP contribution is 2.36. The Balaban J connectivity index is 1.63. The Bertz CT molecular complexity index is 1160. The first-order chi connectivity index (χ1) is 15.5. The number of nitrogens with two attached hydrogens (primary N) is 1. The molecule has 3 heterocycles. The molecule has 9 nitrogen and oxygen atoms in total. The van der Waals surface area contributed by atoms with Gasteiger partial charge in [-0.15, -0.1) is 0 Å². The van der Waals surface area contributed by atoms with Crippen LogP contribution in [0.2, 0.25) is 0 Å². The van der Waals surface area contributed by atoms with Gasteiger partial charge in [0.1, 0.15) is 17.1 Å². The number of fused-ring (bicyclic) bond motifs is 1. The van der Waals surface area contributed by atoms with Gasteiger partial charge in [0.05, 0.1) is 17.4 Å². The molecule has 0 radical (unpaired) electrons. The van der Waals surface area contributed by atoms with Crippen molar-refractivity contribution in [1.82, 2.24) is 14.9 Å². The largest absolute Gasteiger partial charge is 0.433 e. The number of aromatic nitrogens is 2. The van der Waals surface area contributed by atoms with Gasteiger partial charge in [0.2, 0.25) is 5.91 Å². The molecule has 1 aromatic carbocycles. The molecule has 0 saturated carbocycles. The standard InChI is InChI=1S/C21H22F3N7O2/c1-10-8-15(21(22,23)24)30-18(26-10)16(17(25)32)19-28-12-6-5-11(9-13(12)29-19)27-20(33)14-4-3-7-31(14)2/h5-6,8-9,14,28-29H,3-4,7H2,1-2H3,(H2,25,32)(H,27,33)/b19-16-/t14-/m1/s1. The topological polar surface area (TPSA) is 125 Å². The number of anilines is 3. The fraction of sp³-hybridized carbons (Fsp3) is 0.333. The maximum atomic E-state index is 13.2. The lowest BCUT2D eigenvalue weighted by Crippen LogP contribution is -2.37. The number of carbonyl (C=O) groups is 2. The Morgan fingerprint density at radius 3 is 2.55 bits per heavy atom. The van der Waals surface area contributed by atoms with Gasteiger partial charge in [-0.2, -0.15) is 13.2 Å². The van der Waals surface area contributed by atoms with Gasteiger partial charge in [0, 0.05) is 11.4 Å². The average Bonchev–Trinajstić information content (AvgIpc) is 3.32. The molecule has 12 heteroatoms. The number of carbonyl (C=O) groups excluding carboxylic acids is 2. The number of halogens is 3. The Kier molecular flexibility index (Phi) is 5.70. The van der Waals surface area contributed by atoms with Crippen molar-refractivity contribution in [2.45, 2.75) is 32.0 Å². The smallest absolute Gasteiger partial charge is 0.365 e. The van der Waals surface area contributed by atoms with Crippen LogP contribution in [0.1, 0.15) is 30.1 Å². The second-order valence-electron chi connectivity index (χ2n) is 7.97. The van der Waals surface area contributed by atoms with E-state index in [9.17, 15) is 22.8 Å². The number of alkyl halides is 3. The molecule has 1 saturated heterocycles. The number of benzene rings is 1. The second-order valence-corrected chi connectivity index (χ2v) is 7.97. The quantitative estimate of drug-likeness (QED) is 0.516. The van der Waals surface area contributed by atoms with E-state index in [1.807, 2.05) is 11.9 Å². The fourth-order valence-corrected chi connectivity index (χ4v) is 3.90. The number of nitrogens with zero attached hydrogens (tertiary/aromatic N) is 3. The summed E-state index contributed by atoms with van der Waals surface area (Å²) < 4.78 is 39.6. The Labute approximate surface area is 187 Å². The Morgan fingerprint density at radius 1 is 1.18 bits per heavy atom. The third-order valence-electron chi connectivity index (χ3n) is 5.49. The van der Waals surface area contributed by atoms with Gasteiger partial charge in [0.15, 0.2) is 5.82 Å². The number of likely N-dealkylation sites (N-methyl/N-ethyl adjacent to an activating group) is 1. The number of hydrogen-bond acceptors (Lipinski definition) is 7. The predicted molar refractivity (Wildman–Crippen MR) is 116 cm³/mol. The van der Waals surface area contributed by atoms with Gasteiger partial charge in [-0.1, -0.05) is 0 Å². The Morgan fingerprint density at radius 2 is 1.91 bits per heavy atom. The first-order valence-corrected chi connectivity index (χ1v) is 10.2. The number of amides is 2. The Hall–Kier alpha value is -3.67. The molecular weight excluding hydrogens is 439 g/mol. The summed E-state index contributed by atoms with van der Waals surface area (Å²) >= 11 is 0. The molecule has 1 fully saturated rings. The van der Waals surface area contributed by atoms with Crippen molar-refractivity contribution in [1.29, 1.82) is 0 Å². The molecule has 2 aromatic rings. The lowest BCUT2D eigenvalue weighted by molar-refractivity contribution is -0.141. The molecule has 2 aliphatic rings. The monoisotopic (exact) mass is 461 g/mol. The minimum atomic E-state index is -4.71. The summed E-state index contributed by atoms with van der Waals surface area (Å²) in [5.74, 6) is -1.53. The van der Waals surface area contributed by atoms with Gasteiger partial charge in [-0.05, 0) is 57.6 Å². The zero-order valence-corrected chi connectivity index (χ0v) is 17.9. The number of rotatable bonds is 4. The van der Waals surface area contributed by atoms with Crippen molar-refractivity contribution < 1.29 is 22.8 Å². The summed E-state index contributed by atoms with van der Waals surface area (Å²) in [7, 11) is 1.89. The van der Waals surface area contributed by atoms with Crippen molar-refractivity contribution in [2.75, 3.05) is 29.5 Å². The first-order valence-electron chi connectivity index (χ1n) is 10.2. The van der Waals surface area contributed by atoms with Crippen LogP contribution in [-0.4, -0.2) is 46.3 Å². The number of hydrogen-bond donors (Lipinski definition) is 4. The van der Waals surface area contributed by atoms with Crippen LogP contribution in [0.25, 0.3) is 5.57 Å². The van der Waals surface area contributed by atoms with Crippen LogP contribution in [0, 0.1) is 6.92 Å². The van der Waals surface area contributed by atoms with E-state index in [0.29, 0.717) is 17.1 Å². The van der Waals surface area contributed by atoms with E-state index >= 15 is 0 Å². The first kappa shape index (κ1) is 22.5. The van der Waals surface area contributed by atoms with Crippen LogP contribution >= 0.6 is 0 Å². The molecule has 2 aliphatic heterocycles. The predicted octanol–water partition coefficient (Wildman–Crippen LogP) is 2.53. The molecule has 0 aliphatic carbocycles. The molecule has 5 N–H and O–H groups in total. The van der Waals surface area contributed by atoms with E-state index in [2.05, 4.69) is 25.9 Å². The summed E-state index contributed by atoms with van der Waals surface area (Å²) in [5.41, 5.74) is 5.58. The fourth-order valence-electron chi connectivity index (χ4n) is 3.90. The van der Waals surface area contributed by atoms with E-state index in [0.717, 1.165) is 25.5 Å². The van der Waals surface area contributed by atoms with Gasteiger partial charge >= 0.3 is 6.18 Å². The van der Waals surface area contributed by atoms with Crippen LogP contribution in [0.15, 0.2) is 30.1 Å². The lowest BCUT2D eigenvalue weighted by Gasteiger charge is -2.18. The number of primary amides is 1. The maximum Gasteiger partial charge on any atom is 0.433 e. The third kappa shape index (κ3) is 4.60. The maximum absolute atomic E-state index is 13.2. The van der Waals surface area contributed by atoms with E-state index in [1.54, 1.807) is 18.2 Å². The zero-order chi connectivity index (χ0) is 23.9. The average molecular weight is 461 g/mol. The normalized spacial score (nSPS) is 19.5. The van der Waals surface area contributed by atoms with Crippen molar-refractivity contribution >= 4 is 34.4 Å². The molecule has 0 unspecified atom stereocenters. The summed E-state index contributed by atoms with van der Waals surface area (Å²) in [6.07, 6.45) is -2.99. The number of likely N-dealkylation sites (tertiary alicyclic amines) is 1. The van der Waals surface area contributed by atoms with Crippen LogP contribution in [0.3, 0.4) is 0 Å². The summed E-state index contributed by atoms with van der Waals surface area (Å²) in [6.45, 7) is 2.22. The van der Waals surface area contributed by atoms with E-state index in [4.69, 9.17) is 5.73 Å². The van der Waals surface area contributed by atoms with Crippen LogP contribution in [0.4, 0.5) is 30.2 Å². The molecule has 2 amide bonds. The summed E-state index contributed by atoms with van der Waals surface area (Å²) in [4.78, 5) is 34.2. The van der Waals surface area contributed by atoms with Crippen molar-refractivity contribution in [2.24, 2.45) is 5.73 Å². The van der Waals surface area contributed by atoms with Gasteiger partial charge in [-0.25, -0.2) is 9.97 Å². The van der Waals surface area contributed by atoms with Crippen LogP contribution in [-0.2, 0) is 15.8 Å². The van der Waals surface area contributed by atoms with E-state index in [1.165, 1.54) is 6.92 Å². The van der Waals surface area contributed by atoms with Crippen molar-refractivity contribution in [3.05, 3.63) is 47.3 Å². The molecule has 1 aromatic heterocycles. The van der Waals surface area contributed by atoms with Gasteiger partial charge in [0.25, 0.3) is 5.91 Å². The summed E-state index contributed by atoms with van der Waals surface area (Å²) in [6, 6.07) is 5.58. The minimum absolute atomic E-state index is 0.0315. The van der Waals surface area contributed by atoms with Crippen molar-refractivity contribution in [3.8, 4) is 0 Å². The molecule has 1 atom stereocenters. The lowest BCUT2D eigenvalue weighted by atomic mass is 10.2. The van der Waals surface area contributed by atoms with E-state index < -0.39 is 23.6 Å². The highest BCUT2D eigenvalue weighted by atomic mass is 19.4. The molecule has 0 spiro atoms. The molecular formula is C21H22F3N7O2. The zero-order valence-electron chi connectivity index (χ0n) is 17.9. The van der Waals surface area contributed by atoms with Crippen LogP contribution in [0.5, 0.6) is 0 Å². The highest BCUT2D eigenvalue weighted by Gasteiger charge is 2.35. The summed E-state index contributed by atoms with van der Waals surface area (Å²) in [5, 5.41) is 8.72. The minimum Gasteiger partial charge on any atom is -0.365 e. The molecule has 33 heavy (non-hydrogen) atoms.